The molecular weight excluding hydrogens is 1140 g/mol. The molecular formula is C67H130O17P2. The third-order valence-electron chi connectivity index (χ3n) is 15.7. The molecule has 0 saturated heterocycles. The molecule has 0 spiro atoms. The van der Waals surface area contributed by atoms with Crippen LogP contribution in [0.5, 0.6) is 0 Å². The van der Waals surface area contributed by atoms with E-state index in [0.29, 0.717) is 31.6 Å². The van der Waals surface area contributed by atoms with Crippen molar-refractivity contribution >= 4 is 39.5 Å². The van der Waals surface area contributed by atoms with Crippen LogP contribution in [0.2, 0.25) is 0 Å². The summed E-state index contributed by atoms with van der Waals surface area (Å²) in [7, 11) is -9.89. The largest absolute Gasteiger partial charge is 0.472 e. The van der Waals surface area contributed by atoms with Crippen molar-refractivity contribution in [3.63, 3.8) is 0 Å². The summed E-state index contributed by atoms with van der Waals surface area (Å²) in [5.41, 5.74) is 0. The number of unbranched alkanes of at least 4 members (excludes halogenated alkanes) is 32. The summed E-state index contributed by atoms with van der Waals surface area (Å²) in [4.78, 5) is 72.3. The van der Waals surface area contributed by atoms with Gasteiger partial charge in [0, 0.05) is 25.7 Å². The molecule has 510 valence electrons. The summed E-state index contributed by atoms with van der Waals surface area (Å²) in [6.07, 6.45) is 40.6. The zero-order valence-electron chi connectivity index (χ0n) is 55.8. The molecule has 0 radical (unpaired) electrons. The number of carbonyl (C=O) groups is 4. The molecule has 0 aromatic heterocycles. The Morgan fingerprint density at radius 2 is 0.593 bits per heavy atom. The number of phosphoric acid groups is 2. The van der Waals surface area contributed by atoms with E-state index in [1.807, 2.05) is 0 Å². The van der Waals surface area contributed by atoms with E-state index in [4.69, 9.17) is 37.0 Å². The highest BCUT2D eigenvalue weighted by atomic mass is 31.2. The zero-order chi connectivity index (χ0) is 63.8. The van der Waals surface area contributed by atoms with Gasteiger partial charge >= 0.3 is 39.5 Å². The van der Waals surface area contributed by atoms with Crippen LogP contribution in [0.15, 0.2) is 0 Å². The van der Waals surface area contributed by atoms with Crippen LogP contribution in [-0.4, -0.2) is 96.7 Å². The third-order valence-corrected chi connectivity index (χ3v) is 17.6. The Hall–Kier alpha value is -1.94. The Kier molecular flexibility index (Phi) is 56.9. The lowest BCUT2D eigenvalue weighted by Gasteiger charge is -2.21. The topological polar surface area (TPSA) is 237 Å². The molecule has 86 heavy (non-hydrogen) atoms. The first kappa shape index (κ1) is 84.1. The fourth-order valence-corrected chi connectivity index (χ4v) is 11.6. The number of carbonyl (C=O) groups excluding carboxylic acids is 4. The molecule has 0 aromatic rings. The van der Waals surface area contributed by atoms with Gasteiger partial charge in [0.05, 0.1) is 26.4 Å². The van der Waals surface area contributed by atoms with Crippen molar-refractivity contribution in [2.75, 3.05) is 39.6 Å². The summed E-state index contributed by atoms with van der Waals surface area (Å²) in [5, 5.41) is 10.5. The zero-order valence-corrected chi connectivity index (χ0v) is 57.6. The van der Waals surface area contributed by atoms with Crippen molar-refractivity contribution in [1.82, 2.24) is 0 Å². The predicted octanol–water partition coefficient (Wildman–Crippen LogP) is 18.7. The average Bonchev–Trinajstić information content (AvgIpc) is 3.58. The number of aliphatic hydroxyl groups is 1. The monoisotopic (exact) mass is 1270 g/mol. The van der Waals surface area contributed by atoms with Crippen LogP contribution in [0, 0.1) is 17.8 Å². The van der Waals surface area contributed by atoms with E-state index in [1.165, 1.54) is 135 Å². The molecule has 0 saturated carbocycles. The van der Waals surface area contributed by atoms with Crippen LogP contribution in [0.1, 0.15) is 331 Å². The van der Waals surface area contributed by atoms with Crippen molar-refractivity contribution in [2.45, 2.75) is 349 Å². The number of rotatable bonds is 65. The SMILES string of the molecule is CCCCCCCCCCCC(=O)OC[C@H](COP(=O)(O)OC[C@H](O)COP(=O)(O)OC[C@@H](COC(=O)CCCCCCCCC(C)CC)OC(=O)CCCCCCCCCCCCCCCCCC(C)C)OC(=O)CCCCCCCCC(C)C. The lowest BCUT2D eigenvalue weighted by Crippen LogP contribution is -2.30. The standard InChI is InChI=1S/C67H130O17P2/c1-8-10-11-12-13-21-25-34-41-48-64(69)77-54-63(84-67(72)51-44-37-29-27-32-39-46-59(5)6)57-82-86(75,76)80-53-61(68)52-79-85(73,74)81-56-62(55-78-65(70)49-42-35-30-28-33-40-47-60(7)9-2)83-66(71)50-43-36-26-23-20-18-16-14-15-17-19-22-24-31-38-45-58(3)4/h58-63,68H,8-57H2,1-7H3,(H,73,74)(H,75,76)/t60?,61-,62-,63-/m1/s1. The minimum atomic E-state index is -4.95. The van der Waals surface area contributed by atoms with Crippen LogP contribution in [-0.2, 0) is 65.4 Å². The normalized spacial score (nSPS) is 14.6. The van der Waals surface area contributed by atoms with Gasteiger partial charge in [0.2, 0.25) is 0 Å². The van der Waals surface area contributed by atoms with Crippen LogP contribution in [0.4, 0.5) is 0 Å². The van der Waals surface area contributed by atoms with E-state index >= 15 is 0 Å². The van der Waals surface area contributed by atoms with Gasteiger partial charge in [0.1, 0.15) is 19.3 Å². The number of phosphoric ester groups is 2. The molecule has 3 N–H and O–H groups in total. The van der Waals surface area contributed by atoms with Crippen molar-refractivity contribution < 1.29 is 80.2 Å². The molecule has 0 aromatic carbocycles. The van der Waals surface area contributed by atoms with Crippen molar-refractivity contribution in [3.05, 3.63) is 0 Å². The second kappa shape index (κ2) is 58.2. The van der Waals surface area contributed by atoms with Gasteiger partial charge in [-0.3, -0.25) is 37.3 Å². The highest BCUT2D eigenvalue weighted by Gasteiger charge is 2.30. The summed E-state index contributed by atoms with van der Waals surface area (Å²) >= 11 is 0. The summed E-state index contributed by atoms with van der Waals surface area (Å²) in [6, 6.07) is 0. The van der Waals surface area contributed by atoms with Crippen LogP contribution in [0.3, 0.4) is 0 Å². The molecule has 19 heteroatoms. The van der Waals surface area contributed by atoms with Gasteiger partial charge < -0.3 is 33.8 Å². The maximum Gasteiger partial charge on any atom is 0.472 e. The lowest BCUT2D eigenvalue weighted by atomic mass is 10.00. The van der Waals surface area contributed by atoms with Crippen molar-refractivity contribution in [3.8, 4) is 0 Å². The Bertz CT molecular complexity index is 1700. The van der Waals surface area contributed by atoms with E-state index in [9.17, 15) is 43.2 Å². The number of esters is 4. The fraction of sp³-hybridized carbons (Fsp3) is 0.940. The van der Waals surface area contributed by atoms with Crippen molar-refractivity contribution in [2.24, 2.45) is 17.8 Å². The van der Waals surface area contributed by atoms with Gasteiger partial charge in [-0.25, -0.2) is 9.13 Å². The molecule has 0 heterocycles. The Labute approximate surface area is 524 Å². The molecule has 0 aliphatic heterocycles. The van der Waals surface area contributed by atoms with E-state index in [2.05, 4.69) is 48.5 Å². The first-order valence-electron chi connectivity index (χ1n) is 34.9. The average molecular weight is 1270 g/mol. The van der Waals surface area contributed by atoms with Crippen LogP contribution < -0.4 is 0 Å². The molecule has 0 aliphatic carbocycles. The van der Waals surface area contributed by atoms with E-state index in [0.717, 1.165) is 108 Å². The van der Waals surface area contributed by atoms with Crippen LogP contribution >= 0.6 is 15.6 Å². The number of ether oxygens (including phenoxy) is 4. The summed E-state index contributed by atoms with van der Waals surface area (Å²) in [5.74, 6) is 0.0656. The Balaban J connectivity index is 5.19. The molecule has 0 rings (SSSR count). The second-order valence-electron chi connectivity index (χ2n) is 25.4. The minimum Gasteiger partial charge on any atom is -0.462 e. The number of aliphatic hydroxyl groups excluding tert-OH is 1. The molecule has 6 atom stereocenters. The van der Waals surface area contributed by atoms with E-state index in [-0.39, 0.29) is 25.7 Å². The summed E-state index contributed by atoms with van der Waals surface area (Å²) in [6.45, 7) is 11.7. The Morgan fingerprint density at radius 1 is 0.337 bits per heavy atom. The highest BCUT2D eigenvalue weighted by molar-refractivity contribution is 7.47. The smallest absolute Gasteiger partial charge is 0.462 e. The third kappa shape index (κ3) is 59.7. The lowest BCUT2D eigenvalue weighted by molar-refractivity contribution is -0.161. The maximum atomic E-state index is 13.0. The van der Waals surface area contributed by atoms with Crippen LogP contribution in [0.25, 0.3) is 0 Å². The summed E-state index contributed by atoms with van der Waals surface area (Å²) < 4.78 is 68.0. The predicted molar refractivity (Wildman–Crippen MR) is 344 cm³/mol. The van der Waals surface area contributed by atoms with Gasteiger partial charge in [-0.05, 0) is 43.4 Å². The highest BCUT2D eigenvalue weighted by Crippen LogP contribution is 2.45. The van der Waals surface area contributed by atoms with Gasteiger partial charge in [0.25, 0.3) is 0 Å². The van der Waals surface area contributed by atoms with Gasteiger partial charge in [-0.2, -0.15) is 0 Å². The van der Waals surface area contributed by atoms with Gasteiger partial charge in [-0.15, -0.1) is 0 Å². The molecule has 17 nitrogen and oxygen atoms in total. The van der Waals surface area contributed by atoms with E-state index < -0.39 is 97.5 Å². The van der Waals surface area contributed by atoms with Gasteiger partial charge in [0.15, 0.2) is 12.2 Å². The first-order chi connectivity index (χ1) is 41.3. The van der Waals surface area contributed by atoms with Crippen molar-refractivity contribution in [1.29, 1.82) is 0 Å². The molecule has 0 amide bonds. The number of hydrogen-bond acceptors (Lipinski definition) is 15. The molecule has 0 aliphatic rings. The fourth-order valence-electron chi connectivity index (χ4n) is 9.98. The number of hydrogen-bond donors (Lipinski definition) is 3. The molecule has 0 fully saturated rings. The molecule has 3 unspecified atom stereocenters. The van der Waals surface area contributed by atoms with Gasteiger partial charge in [-0.1, -0.05) is 280 Å². The second-order valence-corrected chi connectivity index (χ2v) is 28.3. The molecule has 0 bridgehead atoms. The van der Waals surface area contributed by atoms with E-state index in [1.54, 1.807) is 0 Å². The Morgan fingerprint density at radius 3 is 0.884 bits per heavy atom. The first-order valence-corrected chi connectivity index (χ1v) is 37.9. The quantitative estimate of drug-likeness (QED) is 0.0222. The minimum absolute atomic E-state index is 0.102. The maximum absolute atomic E-state index is 13.0.